The molecule has 4 nitrogen and oxygen atoms in total. The molecule has 4 heteroatoms. The molecule has 1 fully saturated rings. The van der Waals surface area contributed by atoms with Crippen LogP contribution in [0.2, 0.25) is 0 Å². The lowest BCUT2D eigenvalue weighted by Gasteiger charge is -2.48. The topological polar surface area (TPSA) is 52.6 Å². The Labute approximate surface area is 104 Å². The third kappa shape index (κ3) is 3.68. The largest absolute Gasteiger partial charge is 0.387 e. The van der Waals surface area contributed by atoms with Crippen LogP contribution in [0.15, 0.2) is 0 Å². The average molecular weight is 242 g/mol. The fraction of sp³-hybridized carbons (Fsp3) is 0.923. The zero-order chi connectivity index (χ0) is 13.1. The predicted molar refractivity (Wildman–Crippen MR) is 68.8 cm³/mol. The number of hydrogen-bond acceptors (Lipinski definition) is 3. The van der Waals surface area contributed by atoms with Gasteiger partial charge in [0.1, 0.15) is 0 Å². The Morgan fingerprint density at radius 2 is 2.00 bits per heavy atom. The van der Waals surface area contributed by atoms with E-state index < -0.39 is 5.60 Å². The summed E-state index contributed by atoms with van der Waals surface area (Å²) in [5.74, 6) is 0.0732. The van der Waals surface area contributed by atoms with Crippen LogP contribution in [0.3, 0.4) is 0 Å². The van der Waals surface area contributed by atoms with Crippen molar-refractivity contribution in [3.05, 3.63) is 0 Å². The number of amides is 1. The van der Waals surface area contributed by atoms with Gasteiger partial charge in [0.25, 0.3) is 0 Å². The van der Waals surface area contributed by atoms with Gasteiger partial charge in [-0.1, -0.05) is 20.3 Å². The standard InChI is InChI=1S/C13H26N2O2/c1-5-7-10(3)14-12(16)11(4)15-8-13(17,6-2)9-15/h10-11,17H,5-9H2,1-4H3,(H,14,16). The molecule has 1 saturated heterocycles. The van der Waals surface area contributed by atoms with E-state index >= 15 is 0 Å². The monoisotopic (exact) mass is 242 g/mol. The van der Waals surface area contributed by atoms with Crippen molar-refractivity contribution < 1.29 is 9.90 Å². The van der Waals surface area contributed by atoms with Gasteiger partial charge < -0.3 is 10.4 Å². The Kier molecular flexibility index (Phi) is 4.95. The van der Waals surface area contributed by atoms with Gasteiger partial charge in [0, 0.05) is 19.1 Å². The van der Waals surface area contributed by atoms with Crippen LogP contribution >= 0.6 is 0 Å². The molecule has 2 N–H and O–H groups in total. The highest BCUT2D eigenvalue weighted by molar-refractivity contribution is 5.81. The molecule has 1 rings (SSSR count). The summed E-state index contributed by atoms with van der Waals surface area (Å²) in [6, 6.07) is 0.0995. The van der Waals surface area contributed by atoms with E-state index in [1.807, 2.05) is 25.7 Å². The molecule has 0 aliphatic carbocycles. The van der Waals surface area contributed by atoms with Gasteiger partial charge in [-0.15, -0.1) is 0 Å². The molecule has 0 aromatic heterocycles. The first-order chi connectivity index (χ1) is 7.91. The number of rotatable bonds is 6. The van der Waals surface area contributed by atoms with E-state index in [-0.39, 0.29) is 18.0 Å². The maximum absolute atomic E-state index is 11.9. The number of nitrogens with zero attached hydrogens (tertiary/aromatic N) is 1. The highest BCUT2D eigenvalue weighted by atomic mass is 16.3. The van der Waals surface area contributed by atoms with Crippen LogP contribution in [0, 0.1) is 0 Å². The van der Waals surface area contributed by atoms with Crippen molar-refractivity contribution >= 4 is 5.91 Å². The average Bonchev–Trinajstić information content (AvgIpc) is 2.24. The summed E-state index contributed by atoms with van der Waals surface area (Å²) in [4.78, 5) is 14.0. The molecule has 0 spiro atoms. The number of hydrogen-bond donors (Lipinski definition) is 2. The third-order valence-electron chi connectivity index (χ3n) is 3.69. The van der Waals surface area contributed by atoms with E-state index in [4.69, 9.17) is 0 Å². The first kappa shape index (κ1) is 14.5. The number of carbonyl (C=O) groups is 1. The van der Waals surface area contributed by atoms with Crippen LogP contribution < -0.4 is 5.32 Å². The van der Waals surface area contributed by atoms with Crippen molar-refractivity contribution in [2.24, 2.45) is 0 Å². The Morgan fingerprint density at radius 1 is 1.41 bits per heavy atom. The van der Waals surface area contributed by atoms with E-state index in [1.165, 1.54) is 0 Å². The Balaban J connectivity index is 2.34. The first-order valence-corrected chi connectivity index (χ1v) is 6.68. The number of likely N-dealkylation sites (tertiary alicyclic amines) is 1. The minimum atomic E-state index is -0.566. The van der Waals surface area contributed by atoms with Crippen LogP contribution in [-0.4, -0.2) is 46.7 Å². The molecule has 0 aromatic rings. The molecule has 0 aromatic carbocycles. The maximum Gasteiger partial charge on any atom is 0.237 e. The summed E-state index contributed by atoms with van der Waals surface area (Å²) in [6.07, 6.45) is 2.84. The molecule has 0 radical (unpaired) electrons. The fourth-order valence-electron chi connectivity index (χ4n) is 2.24. The van der Waals surface area contributed by atoms with Crippen LogP contribution in [0.4, 0.5) is 0 Å². The lowest BCUT2D eigenvalue weighted by molar-refractivity contribution is -0.143. The molecule has 0 saturated carbocycles. The zero-order valence-corrected chi connectivity index (χ0v) is 11.5. The second-order valence-electron chi connectivity index (χ2n) is 5.36. The van der Waals surface area contributed by atoms with E-state index in [0.717, 1.165) is 19.3 Å². The summed E-state index contributed by atoms with van der Waals surface area (Å²) in [5, 5.41) is 12.9. The van der Waals surface area contributed by atoms with Gasteiger partial charge in [0.2, 0.25) is 5.91 Å². The molecule has 100 valence electrons. The molecule has 1 aliphatic rings. The molecule has 2 atom stereocenters. The Hall–Kier alpha value is -0.610. The molecular formula is C13H26N2O2. The summed E-state index contributed by atoms with van der Waals surface area (Å²) in [5.41, 5.74) is -0.566. The highest BCUT2D eigenvalue weighted by Crippen LogP contribution is 2.25. The lowest BCUT2D eigenvalue weighted by Crippen LogP contribution is -2.66. The molecule has 1 heterocycles. The number of aliphatic hydroxyl groups is 1. The summed E-state index contributed by atoms with van der Waals surface area (Å²) in [7, 11) is 0. The summed E-state index contributed by atoms with van der Waals surface area (Å²) < 4.78 is 0. The SMILES string of the molecule is CCCC(C)NC(=O)C(C)N1CC(O)(CC)C1. The van der Waals surface area contributed by atoms with Crippen LogP contribution in [0.5, 0.6) is 0 Å². The van der Waals surface area contributed by atoms with Gasteiger partial charge in [-0.25, -0.2) is 0 Å². The van der Waals surface area contributed by atoms with E-state index in [1.54, 1.807) is 0 Å². The van der Waals surface area contributed by atoms with E-state index in [0.29, 0.717) is 13.1 Å². The fourth-order valence-corrected chi connectivity index (χ4v) is 2.24. The lowest BCUT2D eigenvalue weighted by atomic mass is 9.90. The van der Waals surface area contributed by atoms with Gasteiger partial charge >= 0.3 is 0 Å². The van der Waals surface area contributed by atoms with E-state index in [9.17, 15) is 9.90 Å². The maximum atomic E-state index is 11.9. The third-order valence-corrected chi connectivity index (χ3v) is 3.69. The minimum absolute atomic E-state index is 0.0732. The second-order valence-corrected chi connectivity index (χ2v) is 5.36. The van der Waals surface area contributed by atoms with Crippen molar-refractivity contribution in [3.63, 3.8) is 0 Å². The molecule has 0 bridgehead atoms. The smallest absolute Gasteiger partial charge is 0.237 e. The molecule has 17 heavy (non-hydrogen) atoms. The van der Waals surface area contributed by atoms with Gasteiger partial charge in [-0.05, 0) is 26.7 Å². The number of nitrogens with one attached hydrogen (secondary N) is 1. The summed E-state index contributed by atoms with van der Waals surface area (Å²) >= 11 is 0. The second kappa shape index (κ2) is 5.83. The van der Waals surface area contributed by atoms with Gasteiger partial charge in [-0.3, -0.25) is 9.69 Å². The van der Waals surface area contributed by atoms with Crippen LogP contribution in [0.1, 0.15) is 47.0 Å². The minimum Gasteiger partial charge on any atom is -0.387 e. The molecule has 1 aliphatic heterocycles. The van der Waals surface area contributed by atoms with Crippen molar-refractivity contribution in [2.75, 3.05) is 13.1 Å². The molecular weight excluding hydrogens is 216 g/mol. The predicted octanol–water partition coefficient (Wildman–Crippen LogP) is 1.14. The quantitative estimate of drug-likeness (QED) is 0.734. The van der Waals surface area contributed by atoms with Crippen LogP contribution in [0.25, 0.3) is 0 Å². The van der Waals surface area contributed by atoms with Crippen LogP contribution in [-0.2, 0) is 4.79 Å². The van der Waals surface area contributed by atoms with Gasteiger partial charge in [-0.2, -0.15) is 0 Å². The van der Waals surface area contributed by atoms with Crippen molar-refractivity contribution in [2.45, 2.75) is 64.6 Å². The van der Waals surface area contributed by atoms with E-state index in [2.05, 4.69) is 12.2 Å². The summed E-state index contributed by atoms with van der Waals surface area (Å²) in [6.45, 7) is 9.25. The highest BCUT2D eigenvalue weighted by Gasteiger charge is 2.43. The number of carbonyl (C=O) groups excluding carboxylic acids is 1. The van der Waals surface area contributed by atoms with Crippen molar-refractivity contribution in [3.8, 4) is 0 Å². The Morgan fingerprint density at radius 3 is 2.47 bits per heavy atom. The normalized spacial score (nSPS) is 22.6. The molecule has 1 amide bonds. The Bertz CT molecular complexity index is 262. The van der Waals surface area contributed by atoms with Crippen molar-refractivity contribution in [1.82, 2.24) is 10.2 Å². The van der Waals surface area contributed by atoms with Crippen molar-refractivity contribution in [1.29, 1.82) is 0 Å². The first-order valence-electron chi connectivity index (χ1n) is 6.68. The number of β-amino-alcohol motifs (C(OH)–C–C–N with tert-alkyl or cyclic N) is 1. The molecule has 2 unspecified atom stereocenters. The van der Waals surface area contributed by atoms with Gasteiger partial charge in [0.15, 0.2) is 0 Å². The van der Waals surface area contributed by atoms with Gasteiger partial charge in [0.05, 0.1) is 11.6 Å². The zero-order valence-electron chi connectivity index (χ0n) is 11.5.